The molecule has 2 rings (SSSR count). The highest BCUT2D eigenvalue weighted by atomic mass is 16.3. The Morgan fingerprint density at radius 2 is 1.56 bits per heavy atom. The maximum atomic E-state index is 12.3. The fourth-order valence-corrected chi connectivity index (χ4v) is 2.57. The Labute approximate surface area is 148 Å². The van der Waals surface area contributed by atoms with Crippen LogP contribution >= 0.6 is 0 Å². The summed E-state index contributed by atoms with van der Waals surface area (Å²) in [4.78, 5) is 24.5. The largest absolute Gasteiger partial charge is 0.394 e. The van der Waals surface area contributed by atoms with E-state index in [1.165, 1.54) is 0 Å². The Kier molecular flexibility index (Phi) is 5.93. The van der Waals surface area contributed by atoms with Gasteiger partial charge in [-0.3, -0.25) is 9.59 Å². The van der Waals surface area contributed by atoms with Crippen molar-refractivity contribution < 1.29 is 14.7 Å². The highest BCUT2D eigenvalue weighted by Crippen LogP contribution is 2.29. The molecule has 5 nitrogen and oxygen atoms in total. The molecule has 2 amide bonds. The second-order valence-corrected chi connectivity index (χ2v) is 6.87. The number of para-hydroxylation sites is 1. The summed E-state index contributed by atoms with van der Waals surface area (Å²) in [7, 11) is 0. The molecular weight excluding hydrogens is 316 g/mol. The van der Waals surface area contributed by atoms with Crippen molar-refractivity contribution in [3.8, 4) is 0 Å². The molecule has 3 N–H and O–H groups in total. The van der Waals surface area contributed by atoms with Gasteiger partial charge < -0.3 is 15.7 Å². The van der Waals surface area contributed by atoms with Crippen molar-refractivity contribution in [3.63, 3.8) is 0 Å². The lowest BCUT2D eigenvalue weighted by Gasteiger charge is -2.23. The van der Waals surface area contributed by atoms with E-state index in [1.54, 1.807) is 18.2 Å². The summed E-state index contributed by atoms with van der Waals surface area (Å²) in [5, 5.41) is 14.7. The number of hydrogen-bond acceptors (Lipinski definition) is 3. The Morgan fingerprint density at radius 3 is 2.16 bits per heavy atom. The van der Waals surface area contributed by atoms with Gasteiger partial charge in [0.1, 0.15) is 0 Å². The van der Waals surface area contributed by atoms with Crippen molar-refractivity contribution in [2.45, 2.75) is 32.2 Å². The molecule has 132 valence electrons. The number of amides is 2. The summed E-state index contributed by atoms with van der Waals surface area (Å²) >= 11 is 0. The SMILES string of the molecule is CC(C)(C)c1ccccc1NC(=O)C(=O)NC(CO)c1ccccc1. The molecule has 0 radical (unpaired) electrons. The normalized spacial score (nSPS) is 12.3. The zero-order chi connectivity index (χ0) is 18.4. The van der Waals surface area contributed by atoms with Gasteiger partial charge in [0.05, 0.1) is 12.6 Å². The molecule has 0 aliphatic carbocycles. The highest BCUT2D eigenvalue weighted by molar-refractivity contribution is 6.39. The van der Waals surface area contributed by atoms with Gasteiger partial charge in [-0.05, 0) is 22.6 Å². The van der Waals surface area contributed by atoms with Crippen molar-refractivity contribution in [3.05, 3.63) is 65.7 Å². The lowest BCUT2D eigenvalue weighted by atomic mass is 9.86. The Bertz CT molecular complexity index is 736. The molecule has 5 heteroatoms. The van der Waals surface area contributed by atoms with E-state index >= 15 is 0 Å². The monoisotopic (exact) mass is 340 g/mol. The molecule has 0 heterocycles. The van der Waals surface area contributed by atoms with Gasteiger partial charge in [0.25, 0.3) is 0 Å². The van der Waals surface area contributed by atoms with Crippen LogP contribution in [0.5, 0.6) is 0 Å². The molecule has 0 bridgehead atoms. The molecular formula is C20H24N2O3. The van der Waals surface area contributed by atoms with E-state index in [9.17, 15) is 14.7 Å². The fraction of sp³-hybridized carbons (Fsp3) is 0.300. The average molecular weight is 340 g/mol. The van der Waals surface area contributed by atoms with E-state index in [2.05, 4.69) is 10.6 Å². The maximum absolute atomic E-state index is 12.3. The van der Waals surface area contributed by atoms with Crippen LogP contribution in [-0.4, -0.2) is 23.5 Å². The molecule has 0 aliphatic rings. The highest BCUT2D eigenvalue weighted by Gasteiger charge is 2.23. The third-order valence-electron chi connectivity index (χ3n) is 3.88. The van der Waals surface area contributed by atoms with Crippen LogP contribution in [0.1, 0.15) is 37.9 Å². The van der Waals surface area contributed by atoms with Gasteiger partial charge in [0.15, 0.2) is 0 Å². The van der Waals surface area contributed by atoms with Crippen molar-refractivity contribution >= 4 is 17.5 Å². The smallest absolute Gasteiger partial charge is 0.313 e. The number of hydrogen-bond donors (Lipinski definition) is 3. The number of anilines is 1. The van der Waals surface area contributed by atoms with Gasteiger partial charge in [0.2, 0.25) is 0 Å². The fourth-order valence-electron chi connectivity index (χ4n) is 2.57. The van der Waals surface area contributed by atoms with E-state index in [0.29, 0.717) is 5.69 Å². The molecule has 0 aliphatic heterocycles. The van der Waals surface area contributed by atoms with Crippen LogP contribution in [0.2, 0.25) is 0 Å². The predicted molar refractivity (Wildman–Crippen MR) is 98.2 cm³/mol. The first kappa shape index (κ1) is 18.7. The summed E-state index contributed by atoms with van der Waals surface area (Å²) in [6, 6.07) is 15.8. The van der Waals surface area contributed by atoms with Gasteiger partial charge >= 0.3 is 11.8 Å². The van der Waals surface area contributed by atoms with Crippen LogP contribution in [-0.2, 0) is 15.0 Å². The van der Waals surface area contributed by atoms with Crippen LogP contribution in [0.3, 0.4) is 0 Å². The number of aliphatic hydroxyl groups is 1. The van der Waals surface area contributed by atoms with Gasteiger partial charge in [-0.15, -0.1) is 0 Å². The van der Waals surface area contributed by atoms with Crippen molar-refractivity contribution in [1.29, 1.82) is 0 Å². The van der Waals surface area contributed by atoms with Crippen LogP contribution in [0, 0.1) is 0 Å². The first-order chi connectivity index (χ1) is 11.8. The number of aliphatic hydroxyl groups excluding tert-OH is 1. The zero-order valence-corrected chi connectivity index (χ0v) is 14.7. The van der Waals surface area contributed by atoms with Crippen LogP contribution in [0.4, 0.5) is 5.69 Å². The van der Waals surface area contributed by atoms with E-state index in [0.717, 1.165) is 11.1 Å². The van der Waals surface area contributed by atoms with Gasteiger partial charge in [0, 0.05) is 5.69 Å². The lowest BCUT2D eigenvalue weighted by molar-refractivity contribution is -0.136. The van der Waals surface area contributed by atoms with E-state index < -0.39 is 17.9 Å². The van der Waals surface area contributed by atoms with Crippen molar-refractivity contribution in [2.75, 3.05) is 11.9 Å². The molecule has 1 atom stereocenters. The zero-order valence-electron chi connectivity index (χ0n) is 14.7. The maximum Gasteiger partial charge on any atom is 0.313 e. The summed E-state index contributed by atoms with van der Waals surface area (Å²) in [6.07, 6.45) is 0. The number of nitrogens with one attached hydrogen (secondary N) is 2. The van der Waals surface area contributed by atoms with Gasteiger partial charge in [-0.25, -0.2) is 0 Å². The van der Waals surface area contributed by atoms with Gasteiger partial charge in [-0.1, -0.05) is 69.3 Å². The quantitative estimate of drug-likeness (QED) is 0.749. The standard InChI is InChI=1S/C20H24N2O3/c1-20(2,3)15-11-7-8-12-16(15)21-18(24)19(25)22-17(13-23)14-9-5-4-6-10-14/h4-12,17,23H,13H2,1-3H3,(H,21,24)(H,22,25). The van der Waals surface area contributed by atoms with E-state index in [4.69, 9.17) is 0 Å². The molecule has 0 fully saturated rings. The molecule has 25 heavy (non-hydrogen) atoms. The van der Waals surface area contributed by atoms with E-state index in [-0.39, 0.29) is 12.0 Å². The summed E-state index contributed by atoms with van der Waals surface area (Å²) in [5.41, 5.74) is 2.12. The Morgan fingerprint density at radius 1 is 0.960 bits per heavy atom. The predicted octanol–water partition coefficient (Wildman–Crippen LogP) is 2.77. The minimum absolute atomic E-state index is 0.169. The molecule has 0 spiro atoms. The average Bonchev–Trinajstić information content (AvgIpc) is 2.59. The van der Waals surface area contributed by atoms with Crippen molar-refractivity contribution in [1.82, 2.24) is 5.32 Å². The molecule has 0 saturated heterocycles. The van der Waals surface area contributed by atoms with Crippen molar-refractivity contribution in [2.24, 2.45) is 0 Å². The van der Waals surface area contributed by atoms with Crippen LogP contribution in [0.25, 0.3) is 0 Å². The summed E-state index contributed by atoms with van der Waals surface area (Å²) < 4.78 is 0. The summed E-state index contributed by atoms with van der Waals surface area (Å²) in [5.74, 6) is -1.54. The molecule has 2 aromatic rings. The Balaban J connectivity index is 2.10. The number of rotatable bonds is 4. The minimum Gasteiger partial charge on any atom is -0.394 e. The lowest BCUT2D eigenvalue weighted by Crippen LogP contribution is -2.39. The number of carbonyl (C=O) groups excluding carboxylic acids is 2. The third kappa shape index (κ3) is 4.90. The number of benzene rings is 2. The number of carbonyl (C=O) groups is 2. The second kappa shape index (κ2) is 7.94. The first-order valence-electron chi connectivity index (χ1n) is 8.20. The van der Waals surface area contributed by atoms with Gasteiger partial charge in [-0.2, -0.15) is 0 Å². The van der Waals surface area contributed by atoms with Crippen LogP contribution < -0.4 is 10.6 Å². The molecule has 1 unspecified atom stereocenters. The second-order valence-electron chi connectivity index (χ2n) is 6.87. The topological polar surface area (TPSA) is 78.4 Å². The van der Waals surface area contributed by atoms with Crippen LogP contribution in [0.15, 0.2) is 54.6 Å². The Hall–Kier alpha value is -2.66. The summed E-state index contributed by atoms with van der Waals surface area (Å²) in [6.45, 7) is 5.82. The molecule has 0 saturated carbocycles. The molecule has 0 aromatic heterocycles. The third-order valence-corrected chi connectivity index (χ3v) is 3.88. The minimum atomic E-state index is -0.786. The first-order valence-corrected chi connectivity index (χ1v) is 8.20. The molecule has 2 aromatic carbocycles. The van der Waals surface area contributed by atoms with E-state index in [1.807, 2.05) is 57.2 Å².